The zero-order valence-corrected chi connectivity index (χ0v) is 19.7. The fourth-order valence-corrected chi connectivity index (χ4v) is 5.99. The number of aliphatic hydroxyl groups is 2. The Kier molecular flexibility index (Phi) is 6.48. The molecular weight excluding hydrogens is 416 g/mol. The summed E-state index contributed by atoms with van der Waals surface area (Å²) in [4.78, 5) is 17.8. The first-order valence-electron chi connectivity index (χ1n) is 10.7. The summed E-state index contributed by atoms with van der Waals surface area (Å²) in [6.45, 7) is 6.55. The Morgan fingerprint density at radius 1 is 1.07 bits per heavy atom. The van der Waals surface area contributed by atoms with Crippen LogP contribution in [0.5, 0.6) is 0 Å². The number of hydrogen-bond donors (Lipinski definition) is 2. The minimum absolute atomic E-state index is 0.408. The maximum atomic E-state index is 10.1. The first-order valence-corrected chi connectivity index (χ1v) is 12.8. The second kappa shape index (κ2) is 8.94. The van der Waals surface area contributed by atoms with E-state index in [9.17, 15) is 10.2 Å². The van der Waals surface area contributed by atoms with Crippen LogP contribution >= 0.6 is 23.1 Å². The van der Waals surface area contributed by atoms with E-state index in [0.717, 1.165) is 46.5 Å². The predicted octanol–water partition coefficient (Wildman–Crippen LogP) is 3.97. The summed E-state index contributed by atoms with van der Waals surface area (Å²) in [5.41, 5.74) is 5.07. The third kappa shape index (κ3) is 4.02. The van der Waals surface area contributed by atoms with Gasteiger partial charge in [-0.2, -0.15) is 0 Å². The van der Waals surface area contributed by atoms with E-state index in [1.54, 1.807) is 25.2 Å². The van der Waals surface area contributed by atoms with Crippen LogP contribution < -0.4 is 4.90 Å². The minimum atomic E-state index is -0.528. The Labute approximate surface area is 185 Å². The molecule has 3 aromatic heterocycles. The van der Waals surface area contributed by atoms with Gasteiger partial charge in [0.15, 0.2) is 11.0 Å². The molecule has 3 heterocycles. The molecule has 0 fully saturated rings. The van der Waals surface area contributed by atoms with Crippen LogP contribution in [0.2, 0.25) is 0 Å². The van der Waals surface area contributed by atoms with Crippen molar-refractivity contribution in [1.82, 2.24) is 15.0 Å². The molecule has 2 N–H and O–H groups in total. The number of hydrogen-bond acceptors (Lipinski definition) is 8. The molecule has 6 nitrogen and oxygen atoms in total. The summed E-state index contributed by atoms with van der Waals surface area (Å²) in [7, 11) is 0. The highest BCUT2D eigenvalue weighted by molar-refractivity contribution is 7.98. The van der Waals surface area contributed by atoms with Crippen LogP contribution in [0.3, 0.4) is 0 Å². The van der Waals surface area contributed by atoms with Crippen molar-refractivity contribution >= 4 is 49.3 Å². The van der Waals surface area contributed by atoms with Gasteiger partial charge in [-0.25, -0.2) is 15.0 Å². The molecule has 162 valence electrons. The number of rotatable bonds is 8. The minimum Gasteiger partial charge on any atom is -0.392 e. The van der Waals surface area contributed by atoms with Crippen molar-refractivity contribution < 1.29 is 10.2 Å². The number of fused-ring (bicyclic) bond motifs is 5. The summed E-state index contributed by atoms with van der Waals surface area (Å²) in [6, 6.07) is 0. The molecule has 1 aliphatic carbocycles. The lowest BCUT2D eigenvalue weighted by Crippen LogP contribution is -2.37. The van der Waals surface area contributed by atoms with Crippen LogP contribution in [-0.4, -0.2) is 56.7 Å². The lowest BCUT2D eigenvalue weighted by Gasteiger charge is -2.27. The van der Waals surface area contributed by atoms with E-state index in [1.807, 2.05) is 11.2 Å². The summed E-state index contributed by atoms with van der Waals surface area (Å²) in [5.74, 6) is 0.790. The number of aryl methyl sites for hydroxylation is 2. The van der Waals surface area contributed by atoms with Gasteiger partial charge in [0.1, 0.15) is 4.83 Å². The fraction of sp³-hybridized carbons (Fsp3) is 0.591. The van der Waals surface area contributed by atoms with E-state index in [0.29, 0.717) is 18.2 Å². The van der Waals surface area contributed by atoms with Crippen LogP contribution in [0.1, 0.15) is 50.4 Å². The van der Waals surface area contributed by atoms with Gasteiger partial charge in [0.25, 0.3) is 0 Å². The Balaban J connectivity index is 1.99. The van der Waals surface area contributed by atoms with Gasteiger partial charge in [0.05, 0.1) is 22.4 Å². The molecule has 2 atom stereocenters. The number of pyridine rings is 1. The number of anilines is 1. The third-order valence-electron chi connectivity index (χ3n) is 5.52. The van der Waals surface area contributed by atoms with E-state index in [4.69, 9.17) is 15.0 Å². The Morgan fingerprint density at radius 3 is 2.40 bits per heavy atom. The summed E-state index contributed by atoms with van der Waals surface area (Å²) >= 11 is 3.17. The molecule has 1 aliphatic rings. The topological polar surface area (TPSA) is 82.4 Å². The van der Waals surface area contributed by atoms with Crippen LogP contribution in [0, 0.1) is 0 Å². The fourth-order valence-electron chi connectivity index (χ4n) is 4.44. The summed E-state index contributed by atoms with van der Waals surface area (Å²) in [6.07, 6.45) is 6.39. The molecule has 0 unspecified atom stereocenters. The highest BCUT2D eigenvalue weighted by Gasteiger charge is 2.26. The van der Waals surface area contributed by atoms with Crippen molar-refractivity contribution in [2.45, 2.75) is 70.2 Å². The first-order chi connectivity index (χ1) is 14.4. The third-order valence-corrected chi connectivity index (χ3v) is 7.14. The number of thioether (sulfide) groups is 1. The molecule has 8 heteroatoms. The smallest absolute Gasteiger partial charge is 0.189 e. The number of aliphatic hydroxyl groups excluding tert-OH is 2. The van der Waals surface area contributed by atoms with E-state index >= 15 is 0 Å². The lowest BCUT2D eigenvalue weighted by atomic mass is 10.0. The van der Waals surface area contributed by atoms with Gasteiger partial charge >= 0.3 is 0 Å². The Bertz CT molecular complexity index is 1050. The molecular formula is C22H30N4O2S2. The molecule has 0 saturated heterocycles. The van der Waals surface area contributed by atoms with Crippen molar-refractivity contribution in [2.24, 2.45) is 0 Å². The summed E-state index contributed by atoms with van der Waals surface area (Å²) < 4.78 is 0.999. The molecule has 0 saturated carbocycles. The van der Waals surface area contributed by atoms with Crippen molar-refractivity contribution in [3.63, 3.8) is 0 Å². The van der Waals surface area contributed by atoms with E-state index in [2.05, 4.69) is 6.92 Å². The van der Waals surface area contributed by atoms with Crippen molar-refractivity contribution in [3.8, 4) is 0 Å². The van der Waals surface area contributed by atoms with Gasteiger partial charge in [0.2, 0.25) is 0 Å². The zero-order chi connectivity index (χ0) is 21.4. The molecule has 0 radical (unpaired) electrons. The molecule has 0 aliphatic heterocycles. The molecule has 30 heavy (non-hydrogen) atoms. The highest BCUT2D eigenvalue weighted by Crippen LogP contribution is 2.43. The quantitative estimate of drug-likeness (QED) is 0.400. The van der Waals surface area contributed by atoms with Gasteiger partial charge in [-0.3, -0.25) is 0 Å². The van der Waals surface area contributed by atoms with Crippen molar-refractivity contribution in [3.05, 3.63) is 16.8 Å². The number of thiophene rings is 1. The molecule has 4 rings (SSSR count). The first kappa shape index (κ1) is 21.7. The van der Waals surface area contributed by atoms with Crippen molar-refractivity contribution in [2.75, 3.05) is 24.2 Å². The number of nitrogens with zero attached hydrogens (tertiary/aromatic N) is 4. The predicted molar refractivity (Wildman–Crippen MR) is 126 cm³/mol. The van der Waals surface area contributed by atoms with Gasteiger partial charge in [-0.05, 0) is 56.9 Å². The van der Waals surface area contributed by atoms with Gasteiger partial charge in [-0.15, -0.1) is 11.3 Å². The van der Waals surface area contributed by atoms with Crippen molar-refractivity contribution in [1.29, 1.82) is 0 Å². The summed E-state index contributed by atoms with van der Waals surface area (Å²) in [5, 5.41) is 22.1. The van der Waals surface area contributed by atoms with Crippen LogP contribution in [0.15, 0.2) is 5.16 Å². The normalized spacial score (nSPS) is 15.7. The SMILES string of the molecule is CCCc1nc2sc3c(N(C[C@H](C)O)C[C@@H](C)O)nc(SC)nc3c2c2c1CCC2. The van der Waals surface area contributed by atoms with Crippen LogP contribution in [0.4, 0.5) is 5.82 Å². The maximum absolute atomic E-state index is 10.1. The van der Waals surface area contributed by atoms with E-state index in [-0.39, 0.29) is 0 Å². The standard InChI is InChI=1S/C22H30N4O2S2/c1-5-7-16-14-8-6-9-15(14)17-18-19(30-21(17)23-16)20(25-22(24-18)29-4)26(10-12(2)27)11-13(3)28/h12-13,27-28H,5-11H2,1-4H3/t12-,13+. The molecule has 0 amide bonds. The zero-order valence-electron chi connectivity index (χ0n) is 18.1. The maximum Gasteiger partial charge on any atom is 0.189 e. The Hall–Kier alpha value is -1.48. The molecule has 0 bridgehead atoms. The van der Waals surface area contributed by atoms with Crippen LogP contribution in [-0.2, 0) is 19.3 Å². The second-order valence-electron chi connectivity index (χ2n) is 8.22. The van der Waals surface area contributed by atoms with Gasteiger partial charge < -0.3 is 15.1 Å². The van der Waals surface area contributed by atoms with Gasteiger partial charge in [-0.1, -0.05) is 25.1 Å². The van der Waals surface area contributed by atoms with E-state index in [1.165, 1.54) is 40.4 Å². The molecule has 3 aromatic rings. The number of aromatic nitrogens is 3. The lowest BCUT2D eigenvalue weighted by molar-refractivity contribution is 0.178. The van der Waals surface area contributed by atoms with Crippen LogP contribution in [0.25, 0.3) is 20.4 Å². The van der Waals surface area contributed by atoms with Gasteiger partial charge in [0, 0.05) is 24.2 Å². The monoisotopic (exact) mass is 446 g/mol. The Morgan fingerprint density at radius 2 is 1.77 bits per heavy atom. The average Bonchev–Trinajstić information content (AvgIpc) is 3.30. The average molecular weight is 447 g/mol. The second-order valence-corrected chi connectivity index (χ2v) is 9.99. The molecule has 0 spiro atoms. The highest BCUT2D eigenvalue weighted by atomic mass is 32.2. The largest absolute Gasteiger partial charge is 0.392 e. The molecule has 0 aromatic carbocycles. The van der Waals surface area contributed by atoms with E-state index < -0.39 is 12.2 Å².